The smallest absolute Gasteiger partial charge is 0.330 e. The van der Waals surface area contributed by atoms with Crippen LogP contribution in [-0.2, 0) is 20.7 Å². The maximum absolute atomic E-state index is 13.0. The van der Waals surface area contributed by atoms with Gasteiger partial charge in [0.25, 0.3) is 17.7 Å². The third-order valence-corrected chi connectivity index (χ3v) is 5.08. The van der Waals surface area contributed by atoms with E-state index in [9.17, 15) is 19.2 Å². The van der Waals surface area contributed by atoms with E-state index >= 15 is 0 Å². The van der Waals surface area contributed by atoms with Crippen LogP contribution in [-0.4, -0.2) is 41.2 Å². The number of nitrogens with one attached hydrogen (secondary N) is 1. The largest absolute Gasteiger partial charge is 0.454 e. The summed E-state index contributed by atoms with van der Waals surface area (Å²) in [5.74, 6) is -2.47. The number of benzene rings is 3. The summed E-state index contributed by atoms with van der Waals surface area (Å²) in [6.07, 6.45) is 0.0748. The molecule has 0 radical (unpaired) electrons. The Morgan fingerprint density at radius 3 is 1.91 bits per heavy atom. The minimum atomic E-state index is -1.20. The van der Waals surface area contributed by atoms with Gasteiger partial charge in [0.05, 0.1) is 11.1 Å². The highest BCUT2D eigenvalue weighted by molar-refractivity contribution is 6.22. The van der Waals surface area contributed by atoms with Crippen LogP contribution in [0.2, 0.25) is 0 Å². The number of amides is 3. The van der Waals surface area contributed by atoms with Gasteiger partial charge < -0.3 is 10.1 Å². The van der Waals surface area contributed by atoms with E-state index in [1.165, 1.54) is 0 Å². The first-order valence-electron chi connectivity index (χ1n) is 10.1. The van der Waals surface area contributed by atoms with Crippen molar-refractivity contribution in [3.8, 4) is 0 Å². The van der Waals surface area contributed by atoms with Crippen molar-refractivity contribution in [3.63, 3.8) is 0 Å². The molecule has 7 heteroatoms. The Labute approximate surface area is 184 Å². The minimum Gasteiger partial charge on any atom is -0.454 e. The first-order valence-corrected chi connectivity index (χ1v) is 10.1. The standard InChI is InChI=1S/C25H20N2O5/c28-22(26-18-11-5-2-6-12-18)16-32-25(31)21(15-17-9-3-1-4-10-17)27-23(29)19-13-7-8-14-20(19)24(27)30/h1-14,21H,15-16H2,(H,26,28). The summed E-state index contributed by atoms with van der Waals surface area (Å²) >= 11 is 0. The number of fused-ring (bicyclic) bond motifs is 1. The Hall–Kier alpha value is -4.26. The first-order chi connectivity index (χ1) is 15.5. The maximum Gasteiger partial charge on any atom is 0.330 e. The molecule has 4 rings (SSSR count). The third-order valence-electron chi connectivity index (χ3n) is 5.08. The Kier molecular flexibility index (Phi) is 6.07. The van der Waals surface area contributed by atoms with E-state index in [4.69, 9.17) is 4.74 Å². The molecule has 1 N–H and O–H groups in total. The highest BCUT2D eigenvalue weighted by Gasteiger charge is 2.43. The lowest BCUT2D eigenvalue weighted by molar-refractivity contribution is -0.151. The molecule has 3 aromatic carbocycles. The monoisotopic (exact) mass is 428 g/mol. The lowest BCUT2D eigenvalue weighted by atomic mass is 10.0. The average molecular weight is 428 g/mol. The van der Waals surface area contributed by atoms with Crippen LogP contribution in [0.4, 0.5) is 5.69 Å². The van der Waals surface area contributed by atoms with Crippen molar-refractivity contribution in [2.24, 2.45) is 0 Å². The molecule has 0 fully saturated rings. The normalized spacial score (nSPS) is 13.4. The zero-order chi connectivity index (χ0) is 22.5. The molecule has 0 saturated heterocycles. The highest BCUT2D eigenvalue weighted by atomic mass is 16.5. The maximum atomic E-state index is 13.0. The van der Waals surface area contributed by atoms with Crippen LogP contribution in [0.15, 0.2) is 84.9 Å². The van der Waals surface area contributed by atoms with E-state index in [0.717, 1.165) is 10.5 Å². The van der Waals surface area contributed by atoms with E-state index < -0.39 is 36.3 Å². The van der Waals surface area contributed by atoms with Crippen LogP contribution in [0.3, 0.4) is 0 Å². The number of ether oxygens (including phenoxy) is 1. The van der Waals surface area contributed by atoms with Gasteiger partial charge in [-0.3, -0.25) is 19.3 Å². The van der Waals surface area contributed by atoms with Crippen LogP contribution in [0, 0.1) is 0 Å². The van der Waals surface area contributed by atoms with Crippen LogP contribution < -0.4 is 5.32 Å². The first kappa shape index (κ1) is 21.0. The van der Waals surface area contributed by atoms with Crippen LogP contribution >= 0.6 is 0 Å². The summed E-state index contributed by atoms with van der Waals surface area (Å²) < 4.78 is 5.22. The zero-order valence-electron chi connectivity index (χ0n) is 17.1. The van der Waals surface area contributed by atoms with Crippen molar-refractivity contribution in [2.45, 2.75) is 12.5 Å². The van der Waals surface area contributed by atoms with Gasteiger partial charge in [-0.05, 0) is 29.8 Å². The fourth-order valence-electron chi connectivity index (χ4n) is 3.56. The molecular formula is C25H20N2O5. The van der Waals surface area contributed by atoms with Crippen molar-refractivity contribution >= 4 is 29.4 Å². The van der Waals surface area contributed by atoms with Gasteiger partial charge in [-0.25, -0.2) is 4.79 Å². The molecule has 160 valence electrons. The van der Waals surface area contributed by atoms with Gasteiger partial charge in [-0.1, -0.05) is 60.7 Å². The molecule has 0 bridgehead atoms. The molecule has 3 amide bonds. The number of para-hydroxylation sites is 1. The second kappa shape index (κ2) is 9.26. The van der Waals surface area contributed by atoms with Gasteiger partial charge in [0.1, 0.15) is 6.04 Å². The topological polar surface area (TPSA) is 92.8 Å². The Morgan fingerprint density at radius 1 is 0.781 bits per heavy atom. The average Bonchev–Trinajstić information content (AvgIpc) is 3.07. The molecule has 32 heavy (non-hydrogen) atoms. The van der Waals surface area contributed by atoms with Crippen LogP contribution in [0.25, 0.3) is 0 Å². The van der Waals surface area contributed by atoms with Crippen LogP contribution in [0.1, 0.15) is 26.3 Å². The van der Waals surface area contributed by atoms with E-state index in [1.54, 1.807) is 72.8 Å². The summed E-state index contributed by atoms with van der Waals surface area (Å²) in [4.78, 5) is 52.0. The second-order valence-corrected chi connectivity index (χ2v) is 7.25. The van der Waals surface area contributed by atoms with E-state index in [-0.39, 0.29) is 17.5 Å². The van der Waals surface area contributed by atoms with E-state index in [1.807, 2.05) is 12.1 Å². The van der Waals surface area contributed by atoms with Gasteiger partial charge in [-0.2, -0.15) is 0 Å². The number of esters is 1. The van der Waals surface area contributed by atoms with Crippen molar-refractivity contribution in [1.82, 2.24) is 4.90 Å². The van der Waals surface area contributed by atoms with Gasteiger partial charge in [0.15, 0.2) is 6.61 Å². The Morgan fingerprint density at radius 2 is 1.31 bits per heavy atom. The van der Waals surface area contributed by atoms with Gasteiger partial charge in [0.2, 0.25) is 0 Å². The Bertz CT molecular complexity index is 1130. The van der Waals surface area contributed by atoms with Crippen LogP contribution in [0.5, 0.6) is 0 Å². The number of imide groups is 1. The molecule has 1 heterocycles. The number of nitrogens with zero attached hydrogens (tertiary/aromatic N) is 1. The van der Waals surface area contributed by atoms with E-state index in [0.29, 0.717) is 5.69 Å². The zero-order valence-corrected chi connectivity index (χ0v) is 17.1. The Balaban J connectivity index is 1.52. The summed E-state index contributed by atoms with van der Waals surface area (Å²) in [5, 5.41) is 2.62. The van der Waals surface area contributed by atoms with Gasteiger partial charge in [0, 0.05) is 12.1 Å². The molecule has 1 aliphatic rings. The molecule has 0 aromatic heterocycles. The molecule has 1 atom stereocenters. The molecule has 3 aromatic rings. The molecule has 7 nitrogen and oxygen atoms in total. The van der Waals surface area contributed by atoms with Crippen molar-refractivity contribution in [3.05, 3.63) is 102 Å². The van der Waals surface area contributed by atoms with Gasteiger partial charge in [-0.15, -0.1) is 0 Å². The lowest BCUT2D eigenvalue weighted by Crippen LogP contribution is -2.47. The summed E-state index contributed by atoms with van der Waals surface area (Å²) in [5.41, 5.74) is 1.80. The summed E-state index contributed by atoms with van der Waals surface area (Å²) in [6.45, 7) is -0.539. The second-order valence-electron chi connectivity index (χ2n) is 7.25. The molecule has 1 unspecified atom stereocenters. The molecular weight excluding hydrogens is 408 g/mol. The molecule has 1 aliphatic heterocycles. The number of carbonyl (C=O) groups excluding carboxylic acids is 4. The minimum absolute atomic E-state index is 0.0748. The summed E-state index contributed by atoms with van der Waals surface area (Å²) in [7, 11) is 0. The number of hydrogen-bond acceptors (Lipinski definition) is 5. The fourth-order valence-corrected chi connectivity index (χ4v) is 3.56. The quantitative estimate of drug-likeness (QED) is 0.461. The number of rotatable bonds is 7. The third kappa shape index (κ3) is 4.41. The van der Waals surface area contributed by atoms with Gasteiger partial charge >= 0.3 is 5.97 Å². The number of anilines is 1. The van der Waals surface area contributed by atoms with Crippen molar-refractivity contribution in [1.29, 1.82) is 0 Å². The molecule has 0 spiro atoms. The summed E-state index contributed by atoms with van der Waals surface area (Å²) in [6, 6.07) is 23.0. The number of carbonyl (C=O) groups is 4. The lowest BCUT2D eigenvalue weighted by Gasteiger charge is -2.24. The molecule has 0 saturated carbocycles. The predicted octanol–water partition coefficient (Wildman–Crippen LogP) is 3.08. The SMILES string of the molecule is O=C(COC(=O)C(Cc1ccccc1)N1C(=O)c2ccccc2C1=O)Nc1ccccc1. The van der Waals surface area contributed by atoms with Crippen molar-refractivity contribution < 1.29 is 23.9 Å². The van der Waals surface area contributed by atoms with E-state index in [2.05, 4.69) is 5.32 Å². The predicted molar refractivity (Wildman–Crippen MR) is 117 cm³/mol. The fraction of sp³-hybridized carbons (Fsp3) is 0.120. The number of hydrogen-bond donors (Lipinski definition) is 1. The van der Waals surface area contributed by atoms with Crippen molar-refractivity contribution in [2.75, 3.05) is 11.9 Å². The molecule has 0 aliphatic carbocycles. The highest BCUT2D eigenvalue weighted by Crippen LogP contribution is 2.26.